The third-order valence-corrected chi connectivity index (χ3v) is 5.58. The topological polar surface area (TPSA) is 157 Å². The Morgan fingerprint density at radius 3 is 2.34 bits per heavy atom. The summed E-state index contributed by atoms with van der Waals surface area (Å²) < 4.78 is 17.7. The number of aromatic nitrogens is 2. The van der Waals surface area contributed by atoms with E-state index in [4.69, 9.17) is 14.2 Å². The molecule has 0 saturated carbocycles. The molecule has 1 saturated heterocycles. The highest BCUT2D eigenvalue weighted by Gasteiger charge is 2.41. The molecule has 2 heterocycles. The van der Waals surface area contributed by atoms with Crippen LogP contribution in [0.4, 0.5) is 0 Å². The Balaban J connectivity index is 2.23. The fraction of sp³-hybridized carbons (Fsp3) is 0.652. The van der Waals surface area contributed by atoms with Gasteiger partial charge in [-0.2, -0.15) is 0 Å². The Morgan fingerprint density at radius 1 is 1.17 bits per heavy atom. The first kappa shape index (κ1) is 29.0. The first-order valence-electron chi connectivity index (χ1n) is 11.4. The van der Waals surface area contributed by atoms with Gasteiger partial charge in [0.1, 0.15) is 25.0 Å². The van der Waals surface area contributed by atoms with E-state index in [1.807, 2.05) is 27.7 Å². The number of H-pyrrole nitrogens is 1. The minimum atomic E-state index is -1.35. The van der Waals surface area contributed by atoms with E-state index in [0.717, 1.165) is 4.57 Å². The molecule has 0 aliphatic carbocycles. The molecule has 1 fully saturated rings. The molecule has 1 aliphatic rings. The molecule has 1 aliphatic heterocycles. The van der Waals surface area contributed by atoms with Crippen molar-refractivity contribution in [1.29, 1.82) is 0 Å². The van der Waals surface area contributed by atoms with Gasteiger partial charge < -0.3 is 24.4 Å². The number of aliphatic hydroxyl groups excluding tert-OH is 2. The van der Waals surface area contributed by atoms with E-state index < -0.39 is 53.8 Å². The van der Waals surface area contributed by atoms with Gasteiger partial charge in [0.05, 0.1) is 5.56 Å². The molecule has 0 radical (unpaired) electrons. The first-order valence-corrected chi connectivity index (χ1v) is 12.3. The number of esters is 2. The number of hydrogen-bond acceptors (Lipinski definition) is 9. The summed E-state index contributed by atoms with van der Waals surface area (Å²) in [5, 5.41) is 20.1. The molecular formula is C23H33BrN2O9. The van der Waals surface area contributed by atoms with Gasteiger partial charge in [0.2, 0.25) is 0 Å². The first-order chi connectivity index (χ1) is 16.4. The van der Waals surface area contributed by atoms with Crippen LogP contribution in [0.3, 0.4) is 0 Å². The van der Waals surface area contributed by atoms with Gasteiger partial charge in [-0.1, -0.05) is 43.6 Å². The molecule has 3 N–H and O–H groups in total. The lowest BCUT2D eigenvalue weighted by Crippen LogP contribution is -2.37. The second-order valence-corrected chi connectivity index (χ2v) is 9.83. The number of carbonyl (C=O) groups excluding carboxylic acids is 2. The lowest BCUT2D eigenvalue weighted by atomic mass is 10.1. The number of hydrogen-bond donors (Lipinski definition) is 3. The van der Waals surface area contributed by atoms with Crippen molar-refractivity contribution in [3.8, 4) is 0 Å². The molecule has 5 atom stereocenters. The monoisotopic (exact) mass is 560 g/mol. The Morgan fingerprint density at radius 2 is 1.77 bits per heavy atom. The number of halogens is 1. The molecule has 12 heteroatoms. The van der Waals surface area contributed by atoms with Gasteiger partial charge in [0.15, 0.2) is 12.2 Å². The molecule has 35 heavy (non-hydrogen) atoms. The maximum absolute atomic E-state index is 12.4. The van der Waals surface area contributed by atoms with Crippen LogP contribution in [-0.4, -0.2) is 62.7 Å². The summed E-state index contributed by atoms with van der Waals surface area (Å²) in [6, 6.07) is 0. The molecule has 0 aromatic carbocycles. The maximum Gasteiger partial charge on any atom is 0.335 e. The minimum absolute atomic E-state index is 0.000318. The van der Waals surface area contributed by atoms with Crippen LogP contribution in [0.25, 0.3) is 6.08 Å². The molecule has 0 spiro atoms. The van der Waals surface area contributed by atoms with Gasteiger partial charge in [-0.15, -0.1) is 0 Å². The second-order valence-electron chi connectivity index (χ2n) is 9.30. The van der Waals surface area contributed by atoms with Crippen LogP contribution < -0.4 is 11.2 Å². The fourth-order valence-electron chi connectivity index (χ4n) is 3.62. The summed E-state index contributed by atoms with van der Waals surface area (Å²) in [6.07, 6.45) is -2.40. The summed E-state index contributed by atoms with van der Waals surface area (Å²) in [4.78, 5) is 52.7. The number of aromatic amines is 1. The smallest absolute Gasteiger partial charge is 0.335 e. The number of nitrogens with one attached hydrogen (secondary N) is 1. The average molecular weight is 561 g/mol. The van der Waals surface area contributed by atoms with E-state index in [9.17, 15) is 29.4 Å². The fourth-order valence-corrected chi connectivity index (χ4v) is 3.91. The molecule has 0 amide bonds. The van der Waals surface area contributed by atoms with Gasteiger partial charge in [-0.25, -0.2) is 14.4 Å². The molecule has 0 bridgehead atoms. The third-order valence-electron chi connectivity index (χ3n) is 5.32. The average Bonchev–Trinajstić information content (AvgIpc) is 3.15. The summed E-state index contributed by atoms with van der Waals surface area (Å²) in [5.74, 6) is -1.59. The van der Waals surface area contributed by atoms with Crippen LogP contribution in [0, 0.1) is 11.8 Å². The van der Waals surface area contributed by atoms with Gasteiger partial charge >= 0.3 is 17.6 Å². The maximum atomic E-state index is 12.4. The van der Waals surface area contributed by atoms with Crippen molar-refractivity contribution in [2.75, 3.05) is 6.61 Å². The number of nitrogens with zero attached hydrogens (tertiary/aromatic N) is 1. The predicted molar refractivity (Wildman–Crippen MR) is 130 cm³/mol. The van der Waals surface area contributed by atoms with E-state index >= 15 is 0 Å². The van der Waals surface area contributed by atoms with Crippen LogP contribution in [0.15, 0.2) is 20.8 Å². The zero-order valence-electron chi connectivity index (χ0n) is 20.2. The quantitative estimate of drug-likeness (QED) is 0.340. The van der Waals surface area contributed by atoms with E-state index in [-0.39, 0.29) is 43.3 Å². The van der Waals surface area contributed by atoms with Crippen LogP contribution in [-0.2, 0) is 23.8 Å². The van der Waals surface area contributed by atoms with Gasteiger partial charge in [-0.3, -0.25) is 14.3 Å². The normalized spacial score (nSPS) is 22.0. The number of rotatable bonds is 11. The predicted octanol–water partition coefficient (Wildman–Crippen LogP) is 1.46. The molecule has 196 valence electrons. The van der Waals surface area contributed by atoms with Crippen molar-refractivity contribution in [3.63, 3.8) is 0 Å². The van der Waals surface area contributed by atoms with E-state index in [2.05, 4.69) is 20.9 Å². The van der Waals surface area contributed by atoms with Gasteiger partial charge in [0, 0.05) is 12.6 Å². The molecule has 1 aromatic heterocycles. The molecular weight excluding hydrogens is 528 g/mol. The number of carbonyl (C=O) groups is 2. The molecule has 1 aromatic rings. The van der Waals surface area contributed by atoms with Crippen molar-refractivity contribution in [3.05, 3.63) is 37.6 Å². The molecule has 11 nitrogen and oxygen atoms in total. The summed E-state index contributed by atoms with van der Waals surface area (Å²) in [5.41, 5.74) is -1.15. The van der Waals surface area contributed by atoms with Crippen LogP contribution in [0.5, 0.6) is 0 Å². The van der Waals surface area contributed by atoms with Crippen LogP contribution >= 0.6 is 15.9 Å². The minimum Gasteiger partial charge on any atom is -0.461 e. The lowest BCUT2D eigenvalue weighted by molar-refractivity contribution is -0.169. The van der Waals surface area contributed by atoms with Gasteiger partial charge in [-0.05, 0) is 35.7 Å². The van der Waals surface area contributed by atoms with Crippen molar-refractivity contribution in [2.24, 2.45) is 11.8 Å². The second kappa shape index (κ2) is 13.1. The zero-order valence-corrected chi connectivity index (χ0v) is 21.8. The number of ether oxygens (including phenoxy) is 3. The van der Waals surface area contributed by atoms with Crippen molar-refractivity contribution in [2.45, 2.75) is 77.6 Å². The van der Waals surface area contributed by atoms with E-state index in [1.54, 1.807) is 0 Å². The summed E-state index contributed by atoms with van der Waals surface area (Å²) >= 11 is 3.08. The van der Waals surface area contributed by atoms with Gasteiger partial charge in [0.25, 0.3) is 5.56 Å². The molecule has 2 unspecified atom stereocenters. The highest BCUT2D eigenvalue weighted by molar-refractivity contribution is 9.11. The zero-order chi connectivity index (χ0) is 26.3. The van der Waals surface area contributed by atoms with Crippen molar-refractivity contribution >= 4 is 33.9 Å². The summed E-state index contributed by atoms with van der Waals surface area (Å²) in [6.45, 7) is 7.03. The van der Waals surface area contributed by atoms with E-state index in [0.29, 0.717) is 0 Å². The standard InChI is InChI=1S/C23H33BrN2O9/c1-12(2)7-15(27)21(30)33-11-18-17(35-22(31)16(28)8-13(3)4)9-19(34-18)26-10-14(5-6-24)20(29)25-23(26)32/h5-6,10,12-13,15-19,27-28H,7-9,11H2,1-4H3,(H,25,29,32)/b6-5+/t15?,16?,17-,18+,19+/m0/s1. The Hall–Kier alpha value is -2.28. The highest BCUT2D eigenvalue weighted by Crippen LogP contribution is 2.31. The summed E-state index contributed by atoms with van der Waals surface area (Å²) in [7, 11) is 0. The third kappa shape index (κ3) is 8.41. The van der Waals surface area contributed by atoms with Crippen LogP contribution in [0.2, 0.25) is 0 Å². The van der Waals surface area contributed by atoms with Crippen LogP contribution in [0.1, 0.15) is 58.7 Å². The highest BCUT2D eigenvalue weighted by atomic mass is 79.9. The number of aliphatic hydroxyl groups is 2. The van der Waals surface area contributed by atoms with Crippen molar-refractivity contribution < 1.29 is 34.0 Å². The Kier molecular flexibility index (Phi) is 10.9. The van der Waals surface area contributed by atoms with E-state index in [1.165, 1.54) is 17.3 Å². The SMILES string of the molecule is CC(C)CC(O)C(=O)OC[C@H]1O[C@@H](n2cc(/C=C/Br)c(=O)[nH]c2=O)C[C@@H]1OC(=O)C(O)CC(C)C. The van der Waals surface area contributed by atoms with Crippen molar-refractivity contribution in [1.82, 2.24) is 9.55 Å². The molecule has 2 rings (SSSR count). The Labute approximate surface area is 211 Å². The lowest BCUT2D eigenvalue weighted by Gasteiger charge is -2.21. The Bertz CT molecular complexity index is 1020. The largest absolute Gasteiger partial charge is 0.461 e.